The van der Waals surface area contributed by atoms with Gasteiger partial charge >= 0.3 is 0 Å². The van der Waals surface area contributed by atoms with E-state index in [0.29, 0.717) is 22.3 Å². The summed E-state index contributed by atoms with van der Waals surface area (Å²) in [6.07, 6.45) is 4.37. The van der Waals surface area contributed by atoms with E-state index in [2.05, 4.69) is 15.4 Å². The Labute approximate surface area is 146 Å². The van der Waals surface area contributed by atoms with Crippen molar-refractivity contribution in [1.29, 1.82) is 0 Å². The molecule has 0 saturated heterocycles. The number of amides is 1. The summed E-state index contributed by atoms with van der Waals surface area (Å²) in [5.41, 5.74) is 4.12. The Morgan fingerprint density at radius 2 is 1.73 bits per heavy atom. The van der Waals surface area contributed by atoms with Crippen LogP contribution in [0.15, 0.2) is 67.1 Å². The van der Waals surface area contributed by atoms with Crippen molar-refractivity contribution >= 4 is 16.8 Å². The van der Waals surface area contributed by atoms with E-state index in [9.17, 15) is 13.6 Å². The van der Waals surface area contributed by atoms with Crippen LogP contribution < -0.4 is 5.43 Å². The highest BCUT2D eigenvalue weighted by molar-refractivity contribution is 6.00. The van der Waals surface area contributed by atoms with Crippen molar-refractivity contribution in [1.82, 2.24) is 14.6 Å². The van der Waals surface area contributed by atoms with Crippen molar-refractivity contribution in [3.8, 4) is 11.4 Å². The van der Waals surface area contributed by atoms with Gasteiger partial charge in [-0.25, -0.2) is 18.7 Å². The summed E-state index contributed by atoms with van der Waals surface area (Å²) in [4.78, 5) is 20.6. The fourth-order valence-electron chi connectivity index (χ4n) is 2.61. The minimum atomic E-state index is -0.419. The van der Waals surface area contributed by atoms with Crippen molar-refractivity contribution in [2.45, 2.75) is 0 Å². The molecule has 26 heavy (non-hydrogen) atoms. The molecule has 128 valence electrons. The molecule has 4 aromatic rings. The van der Waals surface area contributed by atoms with Crippen LogP contribution in [0, 0.1) is 11.6 Å². The van der Waals surface area contributed by atoms with E-state index in [-0.39, 0.29) is 17.2 Å². The molecule has 0 saturated carbocycles. The van der Waals surface area contributed by atoms with Gasteiger partial charge in [0, 0.05) is 29.5 Å². The second-order valence-corrected chi connectivity index (χ2v) is 5.64. The first-order chi connectivity index (χ1) is 12.6. The molecule has 0 radical (unpaired) electrons. The molecule has 4 rings (SSSR count). The number of carbonyl (C=O) groups excluding carboxylic acids is 1. The third-order valence-electron chi connectivity index (χ3n) is 3.87. The zero-order valence-electron chi connectivity index (χ0n) is 13.4. The Morgan fingerprint density at radius 1 is 0.962 bits per heavy atom. The van der Waals surface area contributed by atoms with Gasteiger partial charge in [-0.1, -0.05) is 12.1 Å². The summed E-state index contributed by atoms with van der Waals surface area (Å²) < 4.78 is 28.0. The van der Waals surface area contributed by atoms with Gasteiger partial charge in [-0.05, 0) is 36.4 Å². The molecular formula is C19H12F2N4O. The fourth-order valence-corrected chi connectivity index (χ4v) is 2.61. The van der Waals surface area contributed by atoms with E-state index in [0.717, 1.165) is 0 Å². The molecule has 0 unspecified atom stereocenters. The molecule has 1 amide bonds. The molecule has 0 fully saturated rings. The molecule has 0 spiro atoms. The molecule has 2 heterocycles. The van der Waals surface area contributed by atoms with Gasteiger partial charge in [0.2, 0.25) is 0 Å². The van der Waals surface area contributed by atoms with Crippen LogP contribution in [-0.4, -0.2) is 20.6 Å². The van der Waals surface area contributed by atoms with Gasteiger partial charge in [0.1, 0.15) is 11.6 Å². The van der Waals surface area contributed by atoms with Gasteiger partial charge in [-0.2, -0.15) is 0 Å². The molecule has 0 atom stereocenters. The van der Waals surface area contributed by atoms with Crippen LogP contribution in [-0.2, 0) is 0 Å². The highest BCUT2D eigenvalue weighted by atomic mass is 19.1. The molecule has 2 aromatic carbocycles. The van der Waals surface area contributed by atoms with E-state index >= 15 is 0 Å². The number of benzene rings is 2. The maximum Gasteiger partial charge on any atom is 0.273 e. The average Bonchev–Trinajstić information content (AvgIpc) is 3.03. The number of hydrogen-bond donors (Lipinski definition) is 1. The Hall–Kier alpha value is -3.61. The first kappa shape index (κ1) is 15.9. The van der Waals surface area contributed by atoms with Gasteiger partial charge < -0.3 is 0 Å². The summed E-state index contributed by atoms with van der Waals surface area (Å²) in [5.74, 6) is -0.827. The van der Waals surface area contributed by atoms with Crippen LogP contribution >= 0.6 is 0 Å². The number of aromatic nitrogens is 3. The second-order valence-electron chi connectivity index (χ2n) is 5.64. The van der Waals surface area contributed by atoms with E-state index in [1.54, 1.807) is 30.5 Å². The van der Waals surface area contributed by atoms with E-state index in [4.69, 9.17) is 0 Å². The van der Waals surface area contributed by atoms with Crippen molar-refractivity contribution in [3.63, 3.8) is 0 Å². The van der Waals surface area contributed by atoms with E-state index < -0.39 is 5.91 Å². The number of halogens is 2. The molecule has 5 nitrogen and oxygen atoms in total. The highest BCUT2D eigenvalue weighted by Crippen LogP contribution is 2.17. The Bertz CT molecular complexity index is 1110. The van der Waals surface area contributed by atoms with Crippen LogP contribution in [0.1, 0.15) is 10.4 Å². The van der Waals surface area contributed by atoms with Crippen molar-refractivity contribution < 1.29 is 13.6 Å². The summed E-state index contributed by atoms with van der Waals surface area (Å²) in [5, 5.41) is 0.669. The lowest BCUT2D eigenvalue weighted by Crippen LogP contribution is -2.22. The monoisotopic (exact) mass is 350 g/mol. The van der Waals surface area contributed by atoms with Crippen molar-refractivity contribution in [3.05, 3.63) is 84.3 Å². The minimum Gasteiger partial charge on any atom is -0.267 e. The number of carbonyl (C=O) groups is 1. The summed E-state index contributed by atoms with van der Waals surface area (Å²) in [6.45, 7) is 0. The topological polar surface area (TPSA) is 59.8 Å². The minimum absolute atomic E-state index is 0.245. The molecule has 2 aromatic heterocycles. The lowest BCUT2D eigenvalue weighted by Gasteiger charge is -2.08. The molecule has 1 N–H and O–H groups in total. The third-order valence-corrected chi connectivity index (χ3v) is 3.87. The van der Waals surface area contributed by atoms with Gasteiger partial charge in [0.05, 0.1) is 11.1 Å². The summed E-state index contributed by atoms with van der Waals surface area (Å²) in [7, 11) is 0. The van der Waals surface area contributed by atoms with Gasteiger partial charge in [0.25, 0.3) is 5.91 Å². The average molecular weight is 350 g/mol. The molecule has 7 heteroatoms. The smallest absolute Gasteiger partial charge is 0.267 e. The summed E-state index contributed by atoms with van der Waals surface area (Å²) in [6, 6.07) is 11.9. The van der Waals surface area contributed by atoms with Crippen LogP contribution in [0.2, 0.25) is 0 Å². The van der Waals surface area contributed by atoms with Gasteiger partial charge in [0.15, 0.2) is 5.82 Å². The molecule has 0 aliphatic carbocycles. The number of nitrogens with zero attached hydrogens (tertiary/aromatic N) is 3. The highest BCUT2D eigenvalue weighted by Gasteiger charge is 2.10. The standard InChI is InChI=1S/C19H12F2N4O/c20-15-3-1-2-13(9-15)18-22-10-14(11-23-18)19(26)24-25-7-6-12-8-16(21)4-5-17(12)25/h1-11H,(H,24,26). The number of nitrogens with one attached hydrogen (secondary N) is 1. The molecule has 0 bridgehead atoms. The molecule has 0 aliphatic heterocycles. The molecular weight excluding hydrogens is 338 g/mol. The SMILES string of the molecule is O=C(Nn1ccc2cc(F)ccc21)c1cnc(-c2cccc(F)c2)nc1. The Balaban J connectivity index is 1.56. The Morgan fingerprint density at radius 3 is 2.50 bits per heavy atom. The maximum absolute atomic E-state index is 13.3. The van der Waals surface area contributed by atoms with Crippen LogP contribution in [0.25, 0.3) is 22.3 Å². The molecule has 0 aliphatic rings. The first-order valence-electron chi connectivity index (χ1n) is 7.76. The zero-order chi connectivity index (χ0) is 18.1. The maximum atomic E-state index is 13.3. The fraction of sp³-hybridized carbons (Fsp3) is 0. The normalized spacial score (nSPS) is 10.8. The van der Waals surface area contributed by atoms with Crippen LogP contribution in [0.4, 0.5) is 8.78 Å². The largest absolute Gasteiger partial charge is 0.273 e. The van der Waals surface area contributed by atoms with Gasteiger partial charge in [-0.3, -0.25) is 14.9 Å². The number of rotatable bonds is 3. The first-order valence-corrected chi connectivity index (χ1v) is 7.76. The van der Waals surface area contributed by atoms with Gasteiger partial charge in [-0.15, -0.1) is 0 Å². The summed E-state index contributed by atoms with van der Waals surface area (Å²) >= 11 is 0. The third kappa shape index (κ3) is 3.02. The quantitative estimate of drug-likeness (QED) is 0.612. The van der Waals surface area contributed by atoms with Crippen LogP contribution in [0.5, 0.6) is 0 Å². The van der Waals surface area contributed by atoms with E-state index in [1.807, 2.05) is 0 Å². The van der Waals surface area contributed by atoms with Crippen LogP contribution in [0.3, 0.4) is 0 Å². The predicted molar refractivity (Wildman–Crippen MR) is 93.0 cm³/mol. The zero-order valence-corrected chi connectivity index (χ0v) is 13.4. The Kier molecular flexibility index (Phi) is 3.89. The lowest BCUT2D eigenvalue weighted by atomic mass is 10.2. The van der Waals surface area contributed by atoms with Crippen molar-refractivity contribution in [2.24, 2.45) is 0 Å². The lowest BCUT2D eigenvalue weighted by molar-refractivity contribution is 0.101. The number of hydrogen-bond acceptors (Lipinski definition) is 3. The van der Waals surface area contributed by atoms with E-state index in [1.165, 1.54) is 41.3 Å². The number of fused-ring (bicyclic) bond motifs is 1. The van der Waals surface area contributed by atoms with Crippen molar-refractivity contribution in [2.75, 3.05) is 5.43 Å². The predicted octanol–water partition coefficient (Wildman–Crippen LogP) is 3.76. The second kappa shape index (κ2) is 6.36.